The summed E-state index contributed by atoms with van der Waals surface area (Å²) in [7, 11) is 0. The third-order valence-electron chi connectivity index (χ3n) is 2.13. The van der Waals surface area contributed by atoms with Gasteiger partial charge < -0.3 is 4.74 Å². The molecule has 0 aliphatic carbocycles. The van der Waals surface area contributed by atoms with Gasteiger partial charge in [0.15, 0.2) is 5.78 Å². The van der Waals surface area contributed by atoms with Crippen LogP contribution >= 0.6 is 0 Å². The number of carbonyl (C=O) groups excluding carboxylic acids is 1. The van der Waals surface area contributed by atoms with Gasteiger partial charge in [0.25, 0.3) is 0 Å². The van der Waals surface area contributed by atoms with Crippen LogP contribution in [0, 0.1) is 15.9 Å². The third kappa shape index (κ3) is 1.54. The second-order valence-electron chi connectivity index (χ2n) is 3.08. The van der Waals surface area contributed by atoms with Gasteiger partial charge in [-0.25, -0.2) is 0 Å². The predicted molar refractivity (Wildman–Crippen MR) is 47.5 cm³/mol. The molecule has 2 rings (SSSR count). The highest BCUT2D eigenvalue weighted by Gasteiger charge is 2.25. The summed E-state index contributed by atoms with van der Waals surface area (Å²) in [5.74, 6) is -1.18. The summed E-state index contributed by atoms with van der Waals surface area (Å²) in [6, 6.07) is 1.80. The zero-order valence-corrected chi connectivity index (χ0v) is 7.53. The first-order valence-corrected chi connectivity index (χ1v) is 4.23. The molecule has 0 unspecified atom stereocenters. The highest BCUT2D eigenvalue weighted by atomic mass is 19.1. The van der Waals surface area contributed by atoms with Crippen LogP contribution in [0.2, 0.25) is 0 Å². The fourth-order valence-corrected chi connectivity index (χ4v) is 1.41. The molecule has 6 heteroatoms. The maximum Gasteiger partial charge on any atom is 0.305 e. The number of fused-ring (bicyclic) bond motifs is 1. The minimum absolute atomic E-state index is 0.0781. The Balaban J connectivity index is 2.60. The first kappa shape index (κ1) is 9.57. The largest absolute Gasteiger partial charge is 0.492 e. The summed E-state index contributed by atoms with van der Waals surface area (Å²) in [6.45, 7) is 0.184. The van der Waals surface area contributed by atoms with E-state index in [1.165, 1.54) is 0 Å². The lowest BCUT2D eigenvalue weighted by molar-refractivity contribution is -0.387. The molecule has 0 radical (unpaired) electrons. The van der Waals surface area contributed by atoms with Crippen LogP contribution in [0.1, 0.15) is 16.8 Å². The maximum absolute atomic E-state index is 13.1. The fraction of sp³-hybridized carbons (Fsp3) is 0.222. The zero-order chi connectivity index (χ0) is 11.0. The van der Waals surface area contributed by atoms with Crippen LogP contribution in [0.4, 0.5) is 10.1 Å². The summed E-state index contributed by atoms with van der Waals surface area (Å²) < 4.78 is 18.1. The van der Waals surface area contributed by atoms with E-state index >= 15 is 0 Å². The molecule has 1 aliphatic rings. The summed E-state index contributed by atoms with van der Waals surface area (Å²) in [4.78, 5) is 20.9. The van der Waals surface area contributed by atoms with Crippen LogP contribution in [0.3, 0.4) is 0 Å². The van der Waals surface area contributed by atoms with E-state index in [0.717, 1.165) is 12.1 Å². The topological polar surface area (TPSA) is 69.4 Å². The first-order chi connectivity index (χ1) is 7.09. The molecule has 0 spiro atoms. The summed E-state index contributed by atoms with van der Waals surface area (Å²) in [6.07, 6.45) is 0.162. The molecule has 1 aromatic carbocycles. The van der Waals surface area contributed by atoms with Crippen molar-refractivity contribution >= 4 is 11.5 Å². The molecule has 0 fully saturated rings. The Morgan fingerprint density at radius 2 is 2.20 bits per heavy atom. The highest BCUT2D eigenvalue weighted by molar-refractivity contribution is 6.00. The Labute approximate surface area is 83.6 Å². The normalized spacial score (nSPS) is 14.3. The van der Waals surface area contributed by atoms with Crippen molar-refractivity contribution in [1.29, 1.82) is 0 Å². The molecule has 0 aromatic heterocycles. The van der Waals surface area contributed by atoms with Gasteiger partial charge in [0.05, 0.1) is 17.1 Å². The lowest BCUT2D eigenvalue weighted by Gasteiger charge is -2.15. The molecule has 0 bridgehead atoms. The quantitative estimate of drug-likeness (QED) is 0.523. The molecule has 15 heavy (non-hydrogen) atoms. The number of nitro benzene ring substituents is 1. The van der Waals surface area contributed by atoms with Gasteiger partial charge in [-0.05, 0) is 0 Å². The average Bonchev–Trinajstić information content (AvgIpc) is 2.16. The minimum Gasteiger partial charge on any atom is -0.492 e. The molecule has 78 valence electrons. The van der Waals surface area contributed by atoms with Gasteiger partial charge in [-0.2, -0.15) is 4.39 Å². The van der Waals surface area contributed by atoms with E-state index in [-0.39, 0.29) is 30.1 Å². The Morgan fingerprint density at radius 1 is 1.47 bits per heavy atom. The molecule has 1 aromatic rings. The number of rotatable bonds is 1. The van der Waals surface area contributed by atoms with Crippen molar-refractivity contribution in [3.63, 3.8) is 0 Å². The number of hydrogen-bond donors (Lipinski definition) is 0. The van der Waals surface area contributed by atoms with Crippen molar-refractivity contribution < 1.29 is 18.8 Å². The number of hydrogen-bond acceptors (Lipinski definition) is 4. The number of nitrogens with zero attached hydrogens (tertiary/aromatic N) is 1. The molecule has 0 N–H and O–H groups in total. The van der Waals surface area contributed by atoms with Gasteiger partial charge in [-0.15, -0.1) is 0 Å². The van der Waals surface area contributed by atoms with E-state index in [0.29, 0.717) is 0 Å². The number of benzene rings is 1. The predicted octanol–water partition coefficient (Wildman–Crippen LogP) is 1.70. The van der Waals surface area contributed by atoms with Crippen LogP contribution in [-0.4, -0.2) is 17.3 Å². The van der Waals surface area contributed by atoms with Gasteiger partial charge >= 0.3 is 5.69 Å². The van der Waals surface area contributed by atoms with Gasteiger partial charge in [-0.1, -0.05) is 0 Å². The average molecular weight is 211 g/mol. The van der Waals surface area contributed by atoms with Crippen molar-refractivity contribution in [3.8, 4) is 5.75 Å². The minimum atomic E-state index is -0.992. The highest BCUT2D eigenvalue weighted by Crippen LogP contribution is 2.30. The van der Waals surface area contributed by atoms with Crippen molar-refractivity contribution in [2.75, 3.05) is 6.61 Å². The molecule has 0 amide bonds. The fourth-order valence-electron chi connectivity index (χ4n) is 1.41. The molecule has 1 heterocycles. The van der Waals surface area contributed by atoms with Crippen LogP contribution in [0.15, 0.2) is 12.1 Å². The monoisotopic (exact) mass is 211 g/mol. The Bertz CT molecular complexity index is 458. The Morgan fingerprint density at radius 3 is 2.87 bits per heavy atom. The van der Waals surface area contributed by atoms with E-state index in [2.05, 4.69) is 0 Å². The number of halogens is 1. The Kier molecular flexibility index (Phi) is 2.11. The summed E-state index contributed by atoms with van der Waals surface area (Å²) in [5, 5.41) is 10.4. The van der Waals surface area contributed by atoms with Crippen molar-refractivity contribution in [3.05, 3.63) is 33.6 Å². The molecule has 0 saturated heterocycles. The van der Waals surface area contributed by atoms with E-state index in [4.69, 9.17) is 4.74 Å². The molecule has 1 aliphatic heterocycles. The lowest BCUT2D eigenvalue weighted by Crippen LogP contribution is -2.16. The van der Waals surface area contributed by atoms with Crippen LogP contribution in [0.5, 0.6) is 5.75 Å². The number of ether oxygens (including phenoxy) is 1. The number of Topliss-reactive ketones (excluding diaryl/α,β-unsaturated/α-hetero) is 1. The molecule has 0 atom stereocenters. The third-order valence-corrected chi connectivity index (χ3v) is 2.13. The van der Waals surface area contributed by atoms with E-state index < -0.39 is 16.4 Å². The summed E-state index contributed by atoms with van der Waals surface area (Å²) in [5.41, 5.74) is -0.623. The van der Waals surface area contributed by atoms with Crippen molar-refractivity contribution in [2.24, 2.45) is 0 Å². The van der Waals surface area contributed by atoms with Crippen LogP contribution < -0.4 is 4.74 Å². The standard InChI is InChI=1S/C9H6FNO4/c10-6-4-9-5(3-7(6)11(13)14)8(12)1-2-15-9/h3-4H,1-2H2. The molecule has 5 nitrogen and oxygen atoms in total. The number of nitro groups is 1. The van der Waals surface area contributed by atoms with E-state index in [9.17, 15) is 19.3 Å². The maximum atomic E-state index is 13.1. The van der Waals surface area contributed by atoms with Gasteiger partial charge in [0.2, 0.25) is 5.82 Å². The molecular formula is C9H6FNO4. The van der Waals surface area contributed by atoms with Crippen LogP contribution in [-0.2, 0) is 0 Å². The number of ketones is 1. The van der Waals surface area contributed by atoms with Gasteiger partial charge in [0, 0.05) is 18.6 Å². The van der Waals surface area contributed by atoms with Gasteiger partial charge in [-0.3, -0.25) is 14.9 Å². The van der Waals surface area contributed by atoms with Crippen LogP contribution in [0.25, 0.3) is 0 Å². The first-order valence-electron chi connectivity index (χ1n) is 4.23. The molecule has 0 saturated carbocycles. The van der Waals surface area contributed by atoms with Crippen molar-refractivity contribution in [2.45, 2.75) is 6.42 Å². The van der Waals surface area contributed by atoms with E-state index in [1.54, 1.807) is 0 Å². The molecular weight excluding hydrogens is 205 g/mol. The second-order valence-corrected chi connectivity index (χ2v) is 3.08. The summed E-state index contributed by atoms with van der Waals surface area (Å²) >= 11 is 0. The smallest absolute Gasteiger partial charge is 0.305 e. The lowest BCUT2D eigenvalue weighted by atomic mass is 10.0. The van der Waals surface area contributed by atoms with Gasteiger partial charge in [0.1, 0.15) is 5.75 Å². The van der Waals surface area contributed by atoms with E-state index in [1.807, 2.05) is 0 Å². The zero-order valence-electron chi connectivity index (χ0n) is 7.53. The SMILES string of the molecule is O=C1CCOc2cc(F)c([N+](=O)[O-])cc21. The number of carbonyl (C=O) groups is 1. The van der Waals surface area contributed by atoms with Crippen molar-refractivity contribution in [1.82, 2.24) is 0 Å². The Hall–Kier alpha value is -1.98. The second kappa shape index (κ2) is 3.30.